The van der Waals surface area contributed by atoms with Crippen LogP contribution in [0.25, 0.3) is 0 Å². The highest BCUT2D eigenvalue weighted by Gasteiger charge is 2.10. The monoisotopic (exact) mass is 184 g/mol. The molecule has 1 fully saturated rings. The zero-order chi connectivity index (χ0) is 10.1. The van der Waals surface area contributed by atoms with E-state index < -0.39 is 0 Å². The van der Waals surface area contributed by atoms with Crippen LogP contribution in [0.15, 0.2) is 4.99 Å². The van der Waals surface area contributed by atoms with Gasteiger partial charge in [-0.25, -0.2) is 9.79 Å². The summed E-state index contributed by atoms with van der Waals surface area (Å²) in [7, 11) is 6.00. The molecular formula is C10H20N2O. The van der Waals surface area contributed by atoms with Gasteiger partial charge in [-0.1, -0.05) is 19.3 Å². The van der Waals surface area contributed by atoms with Crippen LogP contribution < -0.4 is 0 Å². The lowest BCUT2D eigenvalue weighted by atomic mass is 9.96. The second-order valence-electron chi connectivity index (χ2n) is 3.85. The smallest absolute Gasteiger partial charge is 0.235 e. The first-order valence-electron chi connectivity index (χ1n) is 4.84. The first-order chi connectivity index (χ1) is 6.16. The van der Waals surface area contributed by atoms with E-state index in [9.17, 15) is 4.79 Å². The maximum atomic E-state index is 9.78. The van der Waals surface area contributed by atoms with Gasteiger partial charge in [0.2, 0.25) is 6.08 Å². The maximum Gasteiger partial charge on any atom is 0.235 e. The number of rotatable bonds is 1. The zero-order valence-corrected chi connectivity index (χ0v) is 8.92. The van der Waals surface area contributed by atoms with Gasteiger partial charge in [0.05, 0.1) is 6.04 Å². The molecule has 0 aromatic heterocycles. The average molecular weight is 184 g/mol. The predicted octanol–water partition coefficient (Wildman–Crippen LogP) is 1.83. The first kappa shape index (κ1) is 12.3. The molecule has 13 heavy (non-hydrogen) atoms. The van der Waals surface area contributed by atoms with Crippen LogP contribution in [0.1, 0.15) is 32.1 Å². The van der Waals surface area contributed by atoms with E-state index in [0.29, 0.717) is 6.04 Å². The summed E-state index contributed by atoms with van der Waals surface area (Å²) in [6, 6.07) is 0.302. The standard InChI is InChI=1S/C7H11NO.C3H9N/c9-6-8-7-4-2-1-3-5-7;1-4(2)3/h7H,1-5H2;1-3H3. The fourth-order valence-corrected chi connectivity index (χ4v) is 1.28. The Bertz CT molecular complexity index is 154. The number of nitrogens with zero attached hydrogens (tertiary/aromatic N) is 2. The molecule has 3 nitrogen and oxygen atoms in total. The molecule has 1 saturated carbocycles. The lowest BCUT2D eigenvalue weighted by molar-refractivity contribution is 0.439. The molecule has 0 atom stereocenters. The summed E-state index contributed by atoms with van der Waals surface area (Å²) in [5.41, 5.74) is 0. The van der Waals surface area contributed by atoms with Crippen molar-refractivity contribution in [2.45, 2.75) is 38.1 Å². The van der Waals surface area contributed by atoms with Gasteiger partial charge in [0.25, 0.3) is 0 Å². The van der Waals surface area contributed by atoms with E-state index in [1.807, 2.05) is 26.0 Å². The van der Waals surface area contributed by atoms with E-state index in [1.165, 1.54) is 19.3 Å². The van der Waals surface area contributed by atoms with Crippen LogP contribution in [0, 0.1) is 0 Å². The van der Waals surface area contributed by atoms with E-state index in [1.54, 1.807) is 6.08 Å². The van der Waals surface area contributed by atoms with Crippen molar-refractivity contribution in [1.29, 1.82) is 0 Å². The molecule has 0 aromatic rings. The van der Waals surface area contributed by atoms with Crippen molar-refractivity contribution in [3.05, 3.63) is 0 Å². The normalized spacial score (nSPS) is 17.2. The molecule has 3 heteroatoms. The van der Waals surface area contributed by atoms with Crippen LogP contribution in [-0.2, 0) is 4.79 Å². The van der Waals surface area contributed by atoms with E-state index in [0.717, 1.165) is 12.8 Å². The van der Waals surface area contributed by atoms with Gasteiger partial charge >= 0.3 is 0 Å². The molecule has 76 valence electrons. The highest BCUT2D eigenvalue weighted by Crippen LogP contribution is 2.19. The third kappa shape index (κ3) is 9.25. The number of carbonyl (C=O) groups excluding carboxylic acids is 1. The molecule has 0 aromatic carbocycles. The number of isocyanates is 1. The average Bonchev–Trinajstić information content (AvgIpc) is 2.06. The largest absolute Gasteiger partial charge is 0.312 e. The second kappa shape index (κ2) is 7.96. The van der Waals surface area contributed by atoms with Crippen molar-refractivity contribution >= 4 is 6.08 Å². The van der Waals surface area contributed by atoms with Gasteiger partial charge in [0, 0.05) is 0 Å². The van der Waals surface area contributed by atoms with Crippen LogP contribution in [-0.4, -0.2) is 38.2 Å². The van der Waals surface area contributed by atoms with Crippen molar-refractivity contribution in [1.82, 2.24) is 4.90 Å². The molecular weight excluding hydrogens is 164 g/mol. The topological polar surface area (TPSA) is 32.7 Å². The van der Waals surface area contributed by atoms with Crippen molar-refractivity contribution in [2.24, 2.45) is 4.99 Å². The predicted molar refractivity (Wildman–Crippen MR) is 54.6 cm³/mol. The molecule has 0 saturated heterocycles. The summed E-state index contributed by atoms with van der Waals surface area (Å²) in [5, 5.41) is 0. The Balaban J connectivity index is 0.000000310. The fourth-order valence-electron chi connectivity index (χ4n) is 1.28. The molecule has 0 N–H and O–H groups in total. The quantitative estimate of drug-likeness (QED) is 0.460. The Labute approximate surface area is 80.8 Å². The van der Waals surface area contributed by atoms with Crippen molar-refractivity contribution in [3.8, 4) is 0 Å². The molecule has 0 radical (unpaired) electrons. The van der Waals surface area contributed by atoms with Gasteiger partial charge in [0.1, 0.15) is 0 Å². The summed E-state index contributed by atoms with van der Waals surface area (Å²) < 4.78 is 0. The Morgan fingerprint density at radius 2 is 1.62 bits per heavy atom. The SMILES string of the molecule is CN(C)C.O=C=NC1CCCCC1. The third-order valence-corrected chi connectivity index (χ3v) is 1.81. The van der Waals surface area contributed by atoms with Gasteiger partial charge in [-0.05, 0) is 34.0 Å². The number of hydrogen-bond donors (Lipinski definition) is 0. The minimum absolute atomic E-state index is 0.302. The molecule has 0 heterocycles. The highest BCUT2D eigenvalue weighted by atomic mass is 16.1. The molecule has 0 amide bonds. The summed E-state index contributed by atoms with van der Waals surface area (Å²) in [6.07, 6.45) is 7.57. The summed E-state index contributed by atoms with van der Waals surface area (Å²) >= 11 is 0. The van der Waals surface area contributed by atoms with Gasteiger partial charge < -0.3 is 4.90 Å². The lowest BCUT2D eigenvalue weighted by Crippen LogP contribution is -2.08. The van der Waals surface area contributed by atoms with E-state index in [-0.39, 0.29) is 0 Å². The van der Waals surface area contributed by atoms with Crippen molar-refractivity contribution in [3.63, 3.8) is 0 Å². The van der Waals surface area contributed by atoms with Crippen molar-refractivity contribution in [2.75, 3.05) is 21.1 Å². The fraction of sp³-hybridized carbons (Fsp3) is 0.900. The van der Waals surface area contributed by atoms with Crippen LogP contribution in [0.5, 0.6) is 0 Å². The van der Waals surface area contributed by atoms with Gasteiger partial charge in [-0.15, -0.1) is 0 Å². The minimum Gasteiger partial charge on any atom is -0.312 e. The summed E-state index contributed by atoms with van der Waals surface area (Å²) in [6.45, 7) is 0. The Morgan fingerprint density at radius 1 is 1.15 bits per heavy atom. The van der Waals surface area contributed by atoms with E-state index in [4.69, 9.17) is 0 Å². The number of hydrogen-bond acceptors (Lipinski definition) is 3. The molecule has 0 unspecified atom stereocenters. The molecule has 1 aliphatic carbocycles. The molecule has 0 spiro atoms. The van der Waals surface area contributed by atoms with Crippen LogP contribution in [0.4, 0.5) is 0 Å². The van der Waals surface area contributed by atoms with Crippen LogP contribution in [0.2, 0.25) is 0 Å². The Hall–Kier alpha value is -0.660. The van der Waals surface area contributed by atoms with Crippen molar-refractivity contribution < 1.29 is 4.79 Å². The minimum atomic E-state index is 0.302. The summed E-state index contributed by atoms with van der Waals surface area (Å²) in [5.74, 6) is 0. The molecule has 0 aliphatic heterocycles. The van der Waals surface area contributed by atoms with Crippen LogP contribution in [0.3, 0.4) is 0 Å². The first-order valence-corrected chi connectivity index (χ1v) is 4.84. The maximum absolute atomic E-state index is 9.78. The Kier molecular flexibility index (Phi) is 7.56. The van der Waals surface area contributed by atoms with Gasteiger partial charge in [-0.2, -0.15) is 0 Å². The van der Waals surface area contributed by atoms with E-state index in [2.05, 4.69) is 4.99 Å². The Morgan fingerprint density at radius 3 is 2.00 bits per heavy atom. The summed E-state index contributed by atoms with van der Waals surface area (Å²) in [4.78, 5) is 15.5. The highest BCUT2D eigenvalue weighted by molar-refractivity contribution is 5.33. The molecule has 0 bridgehead atoms. The van der Waals surface area contributed by atoms with Gasteiger partial charge in [-0.3, -0.25) is 0 Å². The molecule has 1 rings (SSSR count). The van der Waals surface area contributed by atoms with Gasteiger partial charge in [0.15, 0.2) is 0 Å². The third-order valence-electron chi connectivity index (χ3n) is 1.81. The zero-order valence-electron chi connectivity index (χ0n) is 8.92. The molecule has 1 aliphatic rings. The van der Waals surface area contributed by atoms with Crippen LogP contribution >= 0.6 is 0 Å². The second-order valence-corrected chi connectivity index (χ2v) is 3.85. The lowest BCUT2D eigenvalue weighted by Gasteiger charge is -2.14. The van der Waals surface area contributed by atoms with E-state index >= 15 is 0 Å². The number of aliphatic imine (C=N–C) groups is 1.